The topological polar surface area (TPSA) is 58.2 Å². The first-order chi connectivity index (χ1) is 11.4. The lowest BCUT2D eigenvalue weighted by atomic mass is 10.1. The maximum atomic E-state index is 12.5. The number of aryl methyl sites for hydroxylation is 1. The van der Waals surface area contributed by atoms with Gasteiger partial charge in [-0.1, -0.05) is 47.5 Å². The molecule has 0 fully saturated rings. The van der Waals surface area contributed by atoms with Crippen molar-refractivity contribution in [2.75, 3.05) is 5.32 Å². The average molecular weight is 363 g/mol. The highest BCUT2D eigenvalue weighted by Gasteiger charge is 2.13. The zero-order valence-corrected chi connectivity index (χ0v) is 14.7. The van der Waals surface area contributed by atoms with E-state index in [-0.39, 0.29) is 11.6 Å². The van der Waals surface area contributed by atoms with Crippen LogP contribution in [-0.2, 0) is 9.59 Å². The minimum atomic E-state index is -0.452. The Labute approximate surface area is 150 Å². The Balaban J connectivity index is 2.30. The lowest BCUT2D eigenvalue weighted by Crippen LogP contribution is -2.29. The van der Waals surface area contributed by atoms with Gasteiger partial charge in [0.05, 0.1) is 10.0 Å². The average Bonchev–Trinajstić information content (AvgIpc) is 2.52. The molecule has 0 aliphatic heterocycles. The van der Waals surface area contributed by atoms with E-state index in [0.717, 1.165) is 11.1 Å². The third-order valence-electron chi connectivity index (χ3n) is 3.22. The van der Waals surface area contributed by atoms with Gasteiger partial charge in [-0.15, -0.1) is 0 Å². The van der Waals surface area contributed by atoms with Crippen LogP contribution >= 0.6 is 23.2 Å². The molecule has 0 unspecified atom stereocenters. The third kappa shape index (κ3) is 4.85. The minimum Gasteiger partial charge on any atom is -0.322 e. The van der Waals surface area contributed by atoms with Crippen molar-refractivity contribution in [3.63, 3.8) is 0 Å². The Kier molecular flexibility index (Phi) is 6.01. The predicted molar refractivity (Wildman–Crippen MR) is 98.1 cm³/mol. The molecule has 6 heteroatoms. The second-order valence-electron chi connectivity index (χ2n) is 5.18. The number of amides is 2. The van der Waals surface area contributed by atoms with Gasteiger partial charge in [0.25, 0.3) is 5.91 Å². The van der Waals surface area contributed by atoms with Crippen LogP contribution in [0.15, 0.2) is 48.2 Å². The molecule has 2 aromatic rings. The van der Waals surface area contributed by atoms with Gasteiger partial charge in [-0.25, -0.2) is 0 Å². The molecule has 124 valence electrons. The molecule has 0 spiro atoms. The monoisotopic (exact) mass is 362 g/mol. The number of halogens is 2. The van der Waals surface area contributed by atoms with Crippen LogP contribution < -0.4 is 10.6 Å². The molecular formula is C18H16Cl2N2O2. The van der Waals surface area contributed by atoms with E-state index in [9.17, 15) is 9.59 Å². The first-order valence-corrected chi connectivity index (χ1v) is 7.93. The summed E-state index contributed by atoms with van der Waals surface area (Å²) >= 11 is 11.8. The van der Waals surface area contributed by atoms with Crippen LogP contribution in [0.3, 0.4) is 0 Å². The van der Waals surface area contributed by atoms with Gasteiger partial charge in [0.1, 0.15) is 5.70 Å². The van der Waals surface area contributed by atoms with Gasteiger partial charge in [-0.05, 0) is 42.3 Å². The van der Waals surface area contributed by atoms with Crippen LogP contribution in [0.2, 0.25) is 10.0 Å². The highest BCUT2D eigenvalue weighted by atomic mass is 35.5. The van der Waals surface area contributed by atoms with Gasteiger partial charge in [0.2, 0.25) is 5.91 Å². The van der Waals surface area contributed by atoms with Crippen LogP contribution in [0.5, 0.6) is 0 Å². The minimum absolute atomic E-state index is 0.142. The Morgan fingerprint density at radius 1 is 1.04 bits per heavy atom. The highest BCUT2D eigenvalue weighted by molar-refractivity contribution is 6.42. The fourth-order valence-corrected chi connectivity index (χ4v) is 2.32. The van der Waals surface area contributed by atoms with E-state index in [1.807, 2.05) is 31.2 Å². The van der Waals surface area contributed by atoms with Gasteiger partial charge in [0.15, 0.2) is 0 Å². The second-order valence-corrected chi connectivity index (χ2v) is 5.99. The lowest BCUT2D eigenvalue weighted by Gasteiger charge is -2.11. The van der Waals surface area contributed by atoms with E-state index in [4.69, 9.17) is 23.2 Å². The first-order valence-electron chi connectivity index (χ1n) is 7.18. The normalized spacial score (nSPS) is 11.1. The van der Waals surface area contributed by atoms with Gasteiger partial charge < -0.3 is 10.6 Å². The molecule has 0 aliphatic rings. The number of rotatable bonds is 4. The number of benzene rings is 2. The van der Waals surface area contributed by atoms with Crippen molar-refractivity contribution in [1.82, 2.24) is 5.32 Å². The number of carbonyl (C=O) groups is 2. The molecule has 4 nitrogen and oxygen atoms in total. The van der Waals surface area contributed by atoms with E-state index >= 15 is 0 Å². The first kappa shape index (κ1) is 18.0. The lowest BCUT2D eigenvalue weighted by molar-refractivity contribution is -0.120. The smallest absolute Gasteiger partial charge is 0.272 e. The number of hydrogen-bond donors (Lipinski definition) is 2. The van der Waals surface area contributed by atoms with E-state index < -0.39 is 5.91 Å². The van der Waals surface area contributed by atoms with Crippen molar-refractivity contribution in [2.24, 2.45) is 0 Å². The molecular weight excluding hydrogens is 347 g/mol. The van der Waals surface area contributed by atoms with Crippen LogP contribution in [0.4, 0.5) is 5.69 Å². The van der Waals surface area contributed by atoms with Crippen molar-refractivity contribution >= 4 is 46.8 Å². The number of hydrogen-bond acceptors (Lipinski definition) is 2. The van der Waals surface area contributed by atoms with Gasteiger partial charge in [-0.3, -0.25) is 9.59 Å². The van der Waals surface area contributed by atoms with E-state index in [0.29, 0.717) is 15.7 Å². The molecule has 0 aromatic heterocycles. The Bertz CT molecular complexity index is 816. The maximum Gasteiger partial charge on any atom is 0.272 e. The quantitative estimate of drug-likeness (QED) is 0.791. The van der Waals surface area contributed by atoms with Crippen LogP contribution in [0.25, 0.3) is 6.08 Å². The Morgan fingerprint density at radius 3 is 2.38 bits per heavy atom. The maximum absolute atomic E-state index is 12.5. The molecule has 2 N–H and O–H groups in total. The van der Waals surface area contributed by atoms with Crippen molar-refractivity contribution in [2.45, 2.75) is 13.8 Å². The van der Waals surface area contributed by atoms with Crippen molar-refractivity contribution in [3.8, 4) is 0 Å². The van der Waals surface area contributed by atoms with Crippen LogP contribution in [0, 0.1) is 6.92 Å². The molecule has 2 amide bonds. The van der Waals surface area contributed by atoms with E-state index in [2.05, 4.69) is 10.6 Å². The fraction of sp³-hybridized carbons (Fsp3) is 0.111. The Morgan fingerprint density at radius 2 is 1.75 bits per heavy atom. The van der Waals surface area contributed by atoms with Crippen molar-refractivity contribution < 1.29 is 9.59 Å². The van der Waals surface area contributed by atoms with Gasteiger partial charge >= 0.3 is 0 Å². The SMILES string of the molecule is CC(=O)N/C(=C\c1ccccc1C)C(=O)Nc1ccc(Cl)c(Cl)c1. The zero-order chi connectivity index (χ0) is 17.7. The summed E-state index contributed by atoms with van der Waals surface area (Å²) < 4.78 is 0. The predicted octanol–water partition coefficient (Wildman–Crippen LogP) is 4.42. The molecule has 2 rings (SSSR count). The molecule has 0 radical (unpaired) electrons. The fourth-order valence-electron chi connectivity index (χ4n) is 2.02. The summed E-state index contributed by atoms with van der Waals surface area (Å²) in [5.74, 6) is -0.786. The summed E-state index contributed by atoms with van der Waals surface area (Å²) in [6, 6.07) is 12.3. The van der Waals surface area contributed by atoms with Crippen molar-refractivity contribution in [1.29, 1.82) is 0 Å². The standard InChI is InChI=1S/C18H16Cl2N2O2/c1-11-5-3-4-6-13(11)9-17(21-12(2)23)18(24)22-14-7-8-15(19)16(20)10-14/h3-10H,1-2H3,(H,21,23)(H,22,24)/b17-9-. The number of carbonyl (C=O) groups excluding carboxylic acids is 2. The molecule has 24 heavy (non-hydrogen) atoms. The highest BCUT2D eigenvalue weighted by Crippen LogP contribution is 2.25. The zero-order valence-electron chi connectivity index (χ0n) is 13.2. The summed E-state index contributed by atoms with van der Waals surface area (Å²) in [5.41, 5.74) is 2.45. The van der Waals surface area contributed by atoms with Crippen molar-refractivity contribution in [3.05, 3.63) is 69.3 Å². The summed E-state index contributed by atoms with van der Waals surface area (Å²) in [6.45, 7) is 3.27. The van der Waals surface area contributed by atoms with E-state index in [1.165, 1.54) is 6.92 Å². The van der Waals surface area contributed by atoms with Crippen LogP contribution in [0.1, 0.15) is 18.1 Å². The van der Waals surface area contributed by atoms with Crippen LogP contribution in [-0.4, -0.2) is 11.8 Å². The summed E-state index contributed by atoms with van der Waals surface area (Å²) in [5, 5.41) is 5.97. The third-order valence-corrected chi connectivity index (χ3v) is 3.96. The molecule has 2 aromatic carbocycles. The molecule has 0 heterocycles. The molecule has 0 atom stereocenters. The summed E-state index contributed by atoms with van der Waals surface area (Å²) in [6.07, 6.45) is 1.63. The van der Waals surface area contributed by atoms with Gasteiger partial charge in [0, 0.05) is 12.6 Å². The molecule has 0 aliphatic carbocycles. The van der Waals surface area contributed by atoms with E-state index in [1.54, 1.807) is 24.3 Å². The second kappa shape index (κ2) is 7.99. The number of anilines is 1. The molecule has 0 bridgehead atoms. The molecule has 0 saturated heterocycles. The number of nitrogens with one attached hydrogen (secondary N) is 2. The summed E-state index contributed by atoms with van der Waals surface area (Å²) in [7, 11) is 0. The van der Waals surface area contributed by atoms with Gasteiger partial charge in [-0.2, -0.15) is 0 Å². The Hall–Kier alpha value is -2.30. The largest absolute Gasteiger partial charge is 0.322 e. The molecule has 0 saturated carbocycles. The summed E-state index contributed by atoms with van der Waals surface area (Å²) in [4.78, 5) is 23.9.